The third-order valence-electron chi connectivity index (χ3n) is 1.21. The fraction of sp³-hybridized carbons (Fsp3) is 0.800. The van der Waals surface area contributed by atoms with Crippen LogP contribution in [-0.4, -0.2) is 24.2 Å². The summed E-state index contributed by atoms with van der Waals surface area (Å²) in [6, 6.07) is 0. The zero-order chi connectivity index (χ0) is 5.28. The van der Waals surface area contributed by atoms with E-state index < -0.39 is 6.17 Å². The molecule has 7 heavy (non-hydrogen) atoms. The van der Waals surface area contributed by atoms with Gasteiger partial charge in [0.25, 0.3) is 0 Å². The second kappa shape index (κ2) is 1.78. The van der Waals surface area contributed by atoms with E-state index in [1.807, 2.05) is 0 Å². The molecule has 1 fully saturated rings. The number of rotatable bonds is 0. The first-order valence-electron chi connectivity index (χ1n) is 2.48. The van der Waals surface area contributed by atoms with Crippen LogP contribution in [0.3, 0.4) is 0 Å². The van der Waals surface area contributed by atoms with Gasteiger partial charge < -0.3 is 0 Å². The molecule has 0 saturated carbocycles. The number of hydrogen-bond acceptors (Lipinski definition) is 1. The lowest BCUT2D eigenvalue weighted by Gasteiger charge is -2.01. The summed E-state index contributed by atoms with van der Waals surface area (Å²) in [5, 5.41) is 0. The second-order valence-electron chi connectivity index (χ2n) is 1.96. The molecule has 1 rings (SSSR count). The zero-order valence-electron chi connectivity index (χ0n) is 4.23. The van der Waals surface area contributed by atoms with Crippen molar-refractivity contribution in [1.82, 2.24) is 4.90 Å². The predicted octanol–water partition coefficient (Wildman–Crippen LogP) is 0.822. The maximum Gasteiger partial charge on any atom is 0.114 e. The summed E-state index contributed by atoms with van der Waals surface area (Å²) >= 11 is 0. The van der Waals surface area contributed by atoms with Gasteiger partial charge in [-0.3, -0.25) is 4.90 Å². The Bertz CT molecular complexity index is 57.1. The second-order valence-corrected chi connectivity index (χ2v) is 1.96. The van der Waals surface area contributed by atoms with Gasteiger partial charge in [-0.05, 0) is 6.42 Å². The minimum atomic E-state index is -0.613. The first-order valence-corrected chi connectivity index (χ1v) is 2.48. The Labute approximate surface area is 43.1 Å². The number of likely N-dealkylation sites (tertiary alicyclic amines) is 1. The van der Waals surface area contributed by atoms with Crippen LogP contribution in [0.1, 0.15) is 6.42 Å². The third-order valence-corrected chi connectivity index (χ3v) is 1.21. The molecule has 0 bridgehead atoms. The molecule has 41 valence electrons. The zero-order valence-corrected chi connectivity index (χ0v) is 4.23. The molecule has 0 spiro atoms. The Kier molecular flexibility index (Phi) is 1.28. The molecular weight excluding hydrogens is 93.1 g/mol. The number of nitrogens with zero attached hydrogens (tertiary/aromatic N) is 1. The van der Waals surface area contributed by atoms with Gasteiger partial charge in [-0.25, -0.2) is 4.39 Å². The van der Waals surface area contributed by atoms with E-state index in [0.717, 1.165) is 6.54 Å². The van der Waals surface area contributed by atoms with Crippen LogP contribution in [0.5, 0.6) is 0 Å². The van der Waals surface area contributed by atoms with Crippen molar-refractivity contribution in [1.29, 1.82) is 0 Å². The predicted molar refractivity (Wildman–Crippen MR) is 26.4 cm³/mol. The van der Waals surface area contributed by atoms with Gasteiger partial charge in [0.05, 0.1) is 0 Å². The van der Waals surface area contributed by atoms with Crippen molar-refractivity contribution in [2.75, 3.05) is 13.1 Å². The van der Waals surface area contributed by atoms with Gasteiger partial charge in [0.15, 0.2) is 0 Å². The van der Waals surface area contributed by atoms with Crippen molar-refractivity contribution in [3.8, 4) is 0 Å². The normalized spacial score (nSPS) is 34.3. The van der Waals surface area contributed by atoms with Crippen LogP contribution < -0.4 is 0 Å². The van der Waals surface area contributed by atoms with Crippen LogP contribution in [0.15, 0.2) is 0 Å². The maximum absolute atomic E-state index is 12.1. The van der Waals surface area contributed by atoms with Crippen molar-refractivity contribution in [2.24, 2.45) is 0 Å². The smallest absolute Gasteiger partial charge is 0.114 e. The van der Waals surface area contributed by atoms with Crippen LogP contribution in [0.4, 0.5) is 4.39 Å². The van der Waals surface area contributed by atoms with Crippen LogP contribution in [-0.2, 0) is 0 Å². The van der Waals surface area contributed by atoms with E-state index in [-0.39, 0.29) is 0 Å². The molecule has 1 aliphatic heterocycles. The van der Waals surface area contributed by atoms with Gasteiger partial charge >= 0.3 is 0 Å². The Hall–Kier alpha value is -0.110. The van der Waals surface area contributed by atoms with Crippen LogP contribution in [0.25, 0.3) is 0 Å². The largest absolute Gasteiger partial charge is 0.299 e. The molecule has 1 atom stereocenters. The van der Waals surface area contributed by atoms with E-state index in [4.69, 9.17) is 0 Å². The Morgan fingerprint density at radius 2 is 2.43 bits per heavy atom. The maximum atomic E-state index is 12.1. The van der Waals surface area contributed by atoms with Crippen molar-refractivity contribution >= 4 is 0 Å². The molecule has 2 heteroatoms. The van der Waals surface area contributed by atoms with Crippen molar-refractivity contribution in [3.63, 3.8) is 0 Å². The average Bonchev–Trinajstić information content (AvgIpc) is 1.87. The van der Waals surface area contributed by atoms with Crippen molar-refractivity contribution < 1.29 is 4.39 Å². The summed E-state index contributed by atoms with van der Waals surface area (Å²) in [6.45, 7) is 1.35. The van der Waals surface area contributed by atoms with Crippen molar-refractivity contribution in [3.05, 3.63) is 7.05 Å². The number of halogens is 1. The van der Waals surface area contributed by atoms with Gasteiger partial charge in [0, 0.05) is 20.1 Å². The van der Waals surface area contributed by atoms with Gasteiger partial charge in [-0.15, -0.1) is 0 Å². The highest BCUT2D eigenvalue weighted by Crippen LogP contribution is 2.09. The third kappa shape index (κ3) is 1.13. The molecule has 0 aliphatic carbocycles. The summed E-state index contributed by atoms with van der Waals surface area (Å²) in [4.78, 5) is 1.75. The number of hydrogen-bond donors (Lipinski definition) is 0. The minimum Gasteiger partial charge on any atom is -0.299 e. The molecular formula is C5H9FN. The summed E-state index contributed by atoms with van der Waals surface area (Å²) in [5.74, 6) is 0. The highest BCUT2D eigenvalue weighted by Gasteiger charge is 2.17. The number of alkyl halides is 1. The molecule has 1 radical (unpaired) electrons. The molecule has 0 aromatic heterocycles. The first-order chi connectivity index (χ1) is 3.29. The highest BCUT2D eigenvalue weighted by atomic mass is 19.1. The molecule has 0 aromatic rings. The molecule has 1 aliphatic rings. The summed E-state index contributed by atoms with van der Waals surface area (Å²) in [5.41, 5.74) is 0. The quantitative estimate of drug-likeness (QED) is 0.437. The minimum absolute atomic E-state index is 0.528. The summed E-state index contributed by atoms with van der Waals surface area (Å²) < 4.78 is 12.1. The van der Waals surface area contributed by atoms with Gasteiger partial charge in [0.1, 0.15) is 6.17 Å². The molecule has 0 amide bonds. The summed E-state index contributed by atoms with van der Waals surface area (Å²) in [6.07, 6.45) is 0.0567. The lowest BCUT2D eigenvalue weighted by atomic mass is 10.4. The molecule has 0 aromatic carbocycles. The van der Waals surface area contributed by atoms with E-state index in [0.29, 0.717) is 13.0 Å². The SMILES string of the molecule is [CH2]N1CC[C@@H](F)C1. The van der Waals surface area contributed by atoms with Crippen molar-refractivity contribution in [2.45, 2.75) is 12.6 Å². The van der Waals surface area contributed by atoms with E-state index >= 15 is 0 Å². The van der Waals surface area contributed by atoms with Gasteiger partial charge in [0.2, 0.25) is 0 Å². The molecule has 1 saturated heterocycles. The lowest BCUT2D eigenvalue weighted by molar-refractivity contribution is 0.332. The standard InChI is InChI=1S/C5H9FN/c1-7-3-2-5(6)4-7/h5H,1-4H2/t5-/m1/s1. The Morgan fingerprint density at radius 3 is 2.57 bits per heavy atom. The lowest BCUT2D eigenvalue weighted by Crippen LogP contribution is -2.11. The van der Waals surface area contributed by atoms with E-state index in [9.17, 15) is 4.39 Å². The van der Waals surface area contributed by atoms with Crippen LogP contribution >= 0.6 is 0 Å². The fourth-order valence-corrected chi connectivity index (χ4v) is 0.785. The fourth-order valence-electron chi connectivity index (χ4n) is 0.785. The highest BCUT2D eigenvalue weighted by molar-refractivity contribution is 4.73. The Morgan fingerprint density at radius 1 is 1.71 bits per heavy atom. The van der Waals surface area contributed by atoms with Crippen LogP contribution in [0, 0.1) is 7.05 Å². The summed E-state index contributed by atoms with van der Waals surface area (Å²) in [7, 11) is 3.58. The van der Waals surface area contributed by atoms with E-state index in [1.54, 1.807) is 4.90 Å². The Balaban J connectivity index is 2.26. The first kappa shape index (κ1) is 5.04. The monoisotopic (exact) mass is 102 g/mol. The topological polar surface area (TPSA) is 3.24 Å². The van der Waals surface area contributed by atoms with Gasteiger partial charge in [-0.1, -0.05) is 0 Å². The average molecular weight is 102 g/mol. The molecule has 0 N–H and O–H groups in total. The van der Waals surface area contributed by atoms with Crippen LogP contribution in [0.2, 0.25) is 0 Å². The van der Waals surface area contributed by atoms with Gasteiger partial charge in [-0.2, -0.15) is 0 Å². The molecule has 1 nitrogen and oxygen atoms in total. The van der Waals surface area contributed by atoms with E-state index in [1.165, 1.54) is 0 Å². The van der Waals surface area contributed by atoms with E-state index in [2.05, 4.69) is 7.05 Å². The molecule has 1 heterocycles. The molecule has 0 unspecified atom stereocenters.